The number of ether oxygens (including phenoxy) is 1. The van der Waals surface area contributed by atoms with E-state index in [4.69, 9.17) is 16.3 Å². The molecule has 0 saturated carbocycles. The van der Waals surface area contributed by atoms with Gasteiger partial charge in [0.1, 0.15) is 5.60 Å². The number of halogens is 1. The molecule has 1 amide bonds. The lowest BCUT2D eigenvalue weighted by molar-refractivity contribution is -0.145. The van der Waals surface area contributed by atoms with Crippen molar-refractivity contribution in [3.05, 3.63) is 29.3 Å². The Labute approximate surface area is 155 Å². The summed E-state index contributed by atoms with van der Waals surface area (Å²) in [5, 5.41) is 16.1. The predicted molar refractivity (Wildman–Crippen MR) is 100 cm³/mol. The van der Waals surface area contributed by atoms with Crippen LogP contribution in [0.1, 0.15) is 26.2 Å². The number of hydrogen-bond donors (Lipinski definition) is 2. The van der Waals surface area contributed by atoms with Crippen LogP contribution in [0, 0.1) is 0 Å². The van der Waals surface area contributed by atoms with Crippen molar-refractivity contribution in [1.29, 1.82) is 0 Å². The van der Waals surface area contributed by atoms with E-state index < -0.39 is 5.60 Å². The fraction of sp³-hybridized carbons (Fsp3) is 0.471. The lowest BCUT2D eigenvalue weighted by atomic mass is 9.91. The molecule has 8 heteroatoms. The van der Waals surface area contributed by atoms with Crippen molar-refractivity contribution in [1.82, 2.24) is 15.5 Å². The summed E-state index contributed by atoms with van der Waals surface area (Å²) in [5.74, 6) is -0.149. The standard InChI is InChI=1S/C17H21ClN4O2S/c1-2-11-24-17(7-9-19-10-8-17)15(23)20-16-22-21-14(25-16)12-5-3-4-6-13(12)18/h3-6,19H,2,7-11H2,1H3,(H,20,22,23). The Hall–Kier alpha value is -1.54. The smallest absolute Gasteiger partial charge is 0.258 e. The van der Waals surface area contributed by atoms with Gasteiger partial charge in [-0.25, -0.2) is 0 Å². The molecule has 2 N–H and O–H groups in total. The molecule has 134 valence electrons. The first kappa shape index (κ1) is 18.3. The fourth-order valence-electron chi connectivity index (χ4n) is 2.79. The number of carbonyl (C=O) groups is 1. The maximum atomic E-state index is 12.9. The second kappa shape index (κ2) is 8.23. The van der Waals surface area contributed by atoms with E-state index >= 15 is 0 Å². The molecule has 0 radical (unpaired) electrons. The van der Waals surface area contributed by atoms with Crippen LogP contribution in [-0.2, 0) is 9.53 Å². The lowest BCUT2D eigenvalue weighted by Gasteiger charge is -2.35. The lowest BCUT2D eigenvalue weighted by Crippen LogP contribution is -2.52. The van der Waals surface area contributed by atoms with Crippen molar-refractivity contribution < 1.29 is 9.53 Å². The maximum absolute atomic E-state index is 12.9. The number of piperidine rings is 1. The molecule has 0 spiro atoms. The van der Waals surface area contributed by atoms with E-state index in [1.807, 2.05) is 25.1 Å². The molecular weight excluding hydrogens is 360 g/mol. The van der Waals surface area contributed by atoms with Crippen molar-refractivity contribution in [2.75, 3.05) is 25.0 Å². The molecule has 1 aromatic heterocycles. The Bertz CT molecular complexity index is 731. The molecule has 1 aliphatic rings. The van der Waals surface area contributed by atoms with Crippen LogP contribution in [0.4, 0.5) is 5.13 Å². The quantitative estimate of drug-likeness (QED) is 0.803. The molecule has 1 aromatic carbocycles. The molecule has 0 atom stereocenters. The average molecular weight is 381 g/mol. The SMILES string of the molecule is CCCOC1(C(=O)Nc2nnc(-c3ccccc3Cl)s2)CCNCC1. The van der Waals surface area contributed by atoms with Gasteiger partial charge < -0.3 is 10.1 Å². The number of aromatic nitrogens is 2. The van der Waals surface area contributed by atoms with Gasteiger partial charge in [-0.2, -0.15) is 0 Å². The molecule has 0 aliphatic carbocycles. The molecule has 0 unspecified atom stereocenters. The van der Waals surface area contributed by atoms with Gasteiger partial charge in [0.05, 0.1) is 5.02 Å². The van der Waals surface area contributed by atoms with E-state index in [0.29, 0.717) is 34.6 Å². The summed E-state index contributed by atoms with van der Waals surface area (Å²) in [5.41, 5.74) is 0.0123. The number of nitrogens with zero attached hydrogens (tertiary/aromatic N) is 2. The summed E-state index contributed by atoms with van der Waals surface area (Å²) in [7, 11) is 0. The highest BCUT2D eigenvalue weighted by Gasteiger charge is 2.41. The zero-order valence-corrected chi connectivity index (χ0v) is 15.6. The number of carbonyl (C=O) groups excluding carboxylic acids is 1. The molecule has 2 heterocycles. The third-order valence-electron chi connectivity index (χ3n) is 4.16. The molecule has 2 aromatic rings. The zero-order chi connectivity index (χ0) is 17.7. The Morgan fingerprint density at radius 1 is 1.36 bits per heavy atom. The minimum atomic E-state index is -0.794. The summed E-state index contributed by atoms with van der Waals surface area (Å²) in [6.45, 7) is 4.12. The summed E-state index contributed by atoms with van der Waals surface area (Å²) in [6, 6.07) is 7.44. The minimum absolute atomic E-state index is 0.149. The van der Waals surface area contributed by atoms with Crippen LogP contribution in [0.25, 0.3) is 10.6 Å². The molecule has 1 aliphatic heterocycles. The first-order valence-corrected chi connectivity index (χ1v) is 9.58. The van der Waals surface area contributed by atoms with Crippen LogP contribution in [0.5, 0.6) is 0 Å². The Morgan fingerprint density at radius 2 is 2.12 bits per heavy atom. The molecular formula is C17H21ClN4O2S. The predicted octanol–water partition coefficient (Wildman–Crippen LogP) is 3.35. The van der Waals surface area contributed by atoms with E-state index in [1.54, 1.807) is 6.07 Å². The second-order valence-electron chi connectivity index (χ2n) is 5.94. The van der Waals surface area contributed by atoms with Gasteiger partial charge in [0.15, 0.2) is 5.01 Å². The number of amides is 1. The highest BCUT2D eigenvalue weighted by molar-refractivity contribution is 7.18. The van der Waals surface area contributed by atoms with E-state index in [1.165, 1.54) is 11.3 Å². The largest absolute Gasteiger partial charge is 0.365 e. The molecule has 3 rings (SSSR count). The van der Waals surface area contributed by atoms with E-state index in [0.717, 1.165) is 25.1 Å². The second-order valence-corrected chi connectivity index (χ2v) is 7.32. The minimum Gasteiger partial charge on any atom is -0.365 e. The van der Waals surface area contributed by atoms with Crippen LogP contribution in [0.3, 0.4) is 0 Å². The van der Waals surface area contributed by atoms with Crippen LogP contribution in [0.2, 0.25) is 5.02 Å². The van der Waals surface area contributed by atoms with Crippen molar-refractivity contribution in [3.8, 4) is 10.6 Å². The van der Waals surface area contributed by atoms with Gasteiger partial charge in [-0.05, 0) is 38.4 Å². The van der Waals surface area contributed by atoms with Gasteiger partial charge in [0, 0.05) is 12.2 Å². The number of anilines is 1. The summed E-state index contributed by atoms with van der Waals surface area (Å²) in [6.07, 6.45) is 2.17. The highest BCUT2D eigenvalue weighted by Crippen LogP contribution is 2.32. The van der Waals surface area contributed by atoms with Gasteiger partial charge in [0.25, 0.3) is 5.91 Å². The topological polar surface area (TPSA) is 76.1 Å². The number of hydrogen-bond acceptors (Lipinski definition) is 6. The fourth-order valence-corrected chi connectivity index (χ4v) is 3.85. The van der Waals surface area contributed by atoms with Crippen molar-refractivity contribution in [2.45, 2.75) is 31.8 Å². The van der Waals surface area contributed by atoms with Crippen LogP contribution in [0.15, 0.2) is 24.3 Å². The average Bonchev–Trinajstić information content (AvgIpc) is 3.09. The monoisotopic (exact) mass is 380 g/mol. The maximum Gasteiger partial charge on any atom is 0.258 e. The number of nitrogens with one attached hydrogen (secondary N) is 2. The van der Waals surface area contributed by atoms with Crippen molar-refractivity contribution >= 4 is 34.0 Å². The van der Waals surface area contributed by atoms with Gasteiger partial charge >= 0.3 is 0 Å². The van der Waals surface area contributed by atoms with E-state index in [2.05, 4.69) is 20.8 Å². The van der Waals surface area contributed by atoms with Crippen molar-refractivity contribution in [2.24, 2.45) is 0 Å². The third-order valence-corrected chi connectivity index (χ3v) is 5.36. The van der Waals surface area contributed by atoms with Crippen LogP contribution >= 0.6 is 22.9 Å². The summed E-state index contributed by atoms with van der Waals surface area (Å²) < 4.78 is 5.95. The first-order valence-electron chi connectivity index (χ1n) is 8.39. The van der Waals surface area contributed by atoms with Gasteiger partial charge in [-0.1, -0.05) is 48.1 Å². The van der Waals surface area contributed by atoms with Crippen molar-refractivity contribution in [3.63, 3.8) is 0 Å². The normalized spacial score (nSPS) is 16.6. The first-order chi connectivity index (χ1) is 12.1. The van der Waals surface area contributed by atoms with E-state index in [9.17, 15) is 4.79 Å². The van der Waals surface area contributed by atoms with Gasteiger partial charge in [-0.3, -0.25) is 10.1 Å². The summed E-state index contributed by atoms with van der Waals surface area (Å²) in [4.78, 5) is 12.9. The zero-order valence-electron chi connectivity index (χ0n) is 14.0. The molecule has 1 fully saturated rings. The number of rotatable bonds is 6. The highest BCUT2D eigenvalue weighted by atomic mass is 35.5. The Morgan fingerprint density at radius 3 is 2.84 bits per heavy atom. The van der Waals surface area contributed by atoms with Crippen LogP contribution < -0.4 is 10.6 Å². The molecule has 1 saturated heterocycles. The summed E-state index contributed by atoms with van der Waals surface area (Å²) >= 11 is 7.50. The van der Waals surface area contributed by atoms with Gasteiger partial charge in [0.2, 0.25) is 5.13 Å². The molecule has 25 heavy (non-hydrogen) atoms. The van der Waals surface area contributed by atoms with Gasteiger partial charge in [-0.15, -0.1) is 10.2 Å². The van der Waals surface area contributed by atoms with Crippen LogP contribution in [-0.4, -0.2) is 41.4 Å². The number of benzene rings is 1. The molecule has 6 nitrogen and oxygen atoms in total. The Balaban J connectivity index is 1.75. The molecule has 0 bridgehead atoms. The third kappa shape index (κ3) is 4.17. The van der Waals surface area contributed by atoms with E-state index in [-0.39, 0.29) is 5.91 Å². The Kier molecular flexibility index (Phi) is 6.01.